The van der Waals surface area contributed by atoms with Crippen molar-refractivity contribution in [1.29, 1.82) is 0 Å². The highest BCUT2D eigenvalue weighted by Crippen LogP contribution is 2.27. The van der Waals surface area contributed by atoms with Gasteiger partial charge in [0.05, 0.1) is 0 Å². The summed E-state index contributed by atoms with van der Waals surface area (Å²) in [7, 11) is -3.87. The fraction of sp³-hybridized carbons (Fsp3) is 0.538. The van der Waals surface area contributed by atoms with E-state index >= 15 is 0 Å². The van der Waals surface area contributed by atoms with Crippen molar-refractivity contribution < 1.29 is 12.8 Å². The van der Waals surface area contributed by atoms with Crippen LogP contribution in [0.25, 0.3) is 0 Å². The molecule has 0 amide bonds. The lowest BCUT2D eigenvalue weighted by Gasteiger charge is -2.17. The highest BCUT2D eigenvalue weighted by Gasteiger charge is 2.24. The Bertz CT molecular complexity index is 584. The van der Waals surface area contributed by atoms with E-state index in [1.165, 1.54) is 0 Å². The van der Waals surface area contributed by atoms with Gasteiger partial charge in [-0.15, -0.1) is 0 Å². The first-order valence-corrected chi connectivity index (χ1v) is 8.94. The molecule has 2 rings (SSSR count). The van der Waals surface area contributed by atoms with E-state index in [1.807, 2.05) is 0 Å². The number of nitrogen functional groups attached to an aromatic ring is 1. The number of anilines is 1. The minimum atomic E-state index is -3.87. The second-order valence-corrected chi connectivity index (χ2v) is 7.65. The smallest absolute Gasteiger partial charge is 0.243 e. The van der Waals surface area contributed by atoms with Crippen molar-refractivity contribution in [1.82, 2.24) is 4.72 Å². The molecular weight excluding hydrogens is 347 g/mol. The minimum absolute atomic E-state index is 0.119. The lowest BCUT2D eigenvalue weighted by molar-refractivity contribution is 0.503. The molecule has 1 fully saturated rings. The summed E-state index contributed by atoms with van der Waals surface area (Å²) in [6.07, 6.45) is 5.84. The molecule has 0 saturated heterocycles. The van der Waals surface area contributed by atoms with Crippen LogP contribution in [0.3, 0.4) is 0 Å². The van der Waals surface area contributed by atoms with Crippen LogP contribution in [0, 0.1) is 5.82 Å². The summed E-state index contributed by atoms with van der Waals surface area (Å²) in [5, 5.41) is 0. The largest absolute Gasteiger partial charge is 0.398 e. The molecule has 112 valence electrons. The summed E-state index contributed by atoms with van der Waals surface area (Å²) >= 11 is 3.08. The average molecular weight is 365 g/mol. The standard InChI is InChI=1S/C13H18BrFN2O2S/c14-10-7-11(15)13(8-12(10)16)20(18,19)17-9-5-3-1-2-4-6-9/h7-9,17H,1-6,16H2. The van der Waals surface area contributed by atoms with Crippen LogP contribution in [0.4, 0.5) is 10.1 Å². The molecule has 1 aliphatic carbocycles. The lowest BCUT2D eigenvalue weighted by atomic mass is 10.1. The molecule has 20 heavy (non-hydrogen) atoms. The van der Waals surface area contributed by atoms with Gasteiger partial charge in [0.2, 0.25) is 10.0 Å². The zero-order valence-electron chi connectivity index (χ0n) is 11.0. The quantitative estimate of drug-likeness (QED) is 0.638. The third kappa shape index (κ3) is 3.71. The van der Waals surface area contributed by atoms with E-state index in [9.17, 15) is 12.8 Å². The number of sulfonamides is 1. The Morgan fingerprint density at radius 2 is 1.80 bits per heavy atom. The predicted molar refractivity (Wildman–Crippen MR) is 80.3 cm³/mol. The minimum Gasteiger partial charge on any atom is -0.398 e. The van der Waals surface area contributed by atoms with Gasteiger partial charge in [-0.2, -0.15) is 0 Å². The van der Waals surface area contributed by atoms with Gasteiger partial charge in [0.25, 0.3) is 0 Å². The maximum Gasteiger partial charge on any atom is 0.243 e. The van der Waals surface area contributed by atoms with Crippen molar-refractivity contribution in [3.63, 3.8) is 0 Å². The third-order valence-electron chi connectivity index (χ3n) is 3.52. The van der Waals surface area contributed by atoms with Gasteiger partial charge in [-0.25, -0.2) is 17.5 Å². The van der Waals surface area contributed by atoms with Gasteiger partial charge in [0, 0.05) is 16.2 Å². The predicted octanol–water partition coefficient (Wildman–Crippen LogP) is 3.17. The number of hydrogen-bond donors (Lipinski definition) is 2. The number of halogens is 2. The number of benzene rings is 1. The molecule has 0 spiro atoms. The molecule has 0 radical (unpaired) electrons. The molecule has 0 aromatic heterocycles. The maximum atomic E-state index is 13.9. The molecule has 0 heterocycles. The zero-order valence-corrected chi connectivity index (χ0v) is 13.4. The molecule has 1 aromatic rings. The number of nitrogens with one attached hydrogen (secondary N) is 1. The Morgan fingerprint density at radius 1 is 1.20 bits per heavy atom. The lowest BCUT2D eigenvalue weighted by Crippen LogP contribution is -2.34. The topological polar surface area (TPSA) is 72.2 Å². The van der Waals surface area contributed by atoms with Crippen molar-refractivity contribution >= 4 is 31.6 Å². The van der Waals surface area contributed by atoms with Crippen LogP contribution in [0.2, 0.25) is 0 Å². The Labute approximate surface area is 127 Å². The first-order valence-electron chi connectivity index (χ1n) is 6.67. The molecule has 3 N–H and O–H groups in total. The van der Waals surface area contributed by atoms with Crippen molar-refractivity contribution in [2.75, 3.05) is 5.73 Å². The molecule has 1 aromatic carbocycles. The van der Waals surface area contributed by atoms with E-state index in [-0.39, 0.29) is 16.6 Å². The fourth-order valence-electron chi connectivity index (χ4n) is 2.43. The van der Waals surface area contributed by atoms with Gasteiger partial charge in [0.1, 0.15) is 10.7 Å². The van der Waals surface area contributed by atoms with Crippen LogP contribution in [-0.2, 0) is 10.0 Å². The van der Waals surface area contributed by atoms with E-state index in [4.69, 9.17) is 5.73 Å². The van der Waals surface area contributed by atoms with E-state index in [2.05, 4.69) is 20.7 Å². The van der Waals surface area contributed by atoms with E-state index in [0.29, 0.717) is 4.47 Å². The summed E-state index contributed by atoms with van der Waals surface area (Å²) in [4.78, 5) is -0.387. The normalized spacial score (nSPS) is 17.9. The van der Waals surface area contributed by atoms with E-state index < -0.39 is 15.8 Å². The second kappa shape index (κ2) is 6.41. The fourth-order valence-corrected chi connectivity index (χ4v) is 4.15. The van der Waals surface area contributed by atoms with Gasteiger partial charge in [-0.05, 0) is 40.9 Å². The van der Waals surface area contributed by atoms with Gasteiger partial charge in [-0.3, -0.25) is 0 Å². The molecule has 0 bridgehead atoms. The number of hydrogen-bond acceptors (Lipinski definition) is 3. The van der Waals surface area contributed by atoms with Crippen LogP contribution in [0.1, 0.15) is 38.5 Å². The SMILES string of the molecule is Nc1cc(S(=O)(=O)NC2CCCCCC2)c(F)cc1Br. The Balaban J connectivity index is 2.23. The molecule has 0 aliphatic heterocycles. The Morgan fingerprint density at radius 3 is 2.40 bits per heavy atom. The monoisotopic (exact) mass is 364 g/mol. The molecule has 7 heteroatoms. The molecule has 4 nitrogen and oxygen atoms in total. The molecule has 1 aliphatic rings. The van der Waals surface area contributed by atoms with Crippen molar-refractivity contribution in [2.45, 2.75) is 49.5 Å². The second-order valence-electron chi connectivity index (χ2n) is 5.11. The summed E-state index contributed by atoms with van der Waals surface area (Å²) in [5.74, 6) is -0.799. The average Bonchev–Trinajstić information content (AvgIpc) is 2.61. The summed E-state index contributed by atoms with van der Waals surface area (Å²) in [5.41, 5.74) is 5.84. The van der Waals surface area contributed by atoms with E-state index in [0.717, 1.165) is 50.7 Å². The van der Waals surface area contributed by atoms with E-state index in [1.54, 1.807) is 0 Å². The number of rotatable bonds is 3. The summed E-state index contributed by atoms with van der Waals surface area (Å²) in [6, 6.07) is 2.11. The van der Waals surface area contributed by atoms with Crippen LogP contribution < -0.4 is 10.5 Å². The van der Waals surface area contributed by atoms with Gasteiger partial charge < -0.3 is 5.73 Å². The third-order valence-corrected chi connectivity index (χ3v) is 5.74. The van der Waals surface area contributed by atoms with Gasteiger partial charge in [-0.1, -0.05) is 25.7 Å². The highest BCUT2D eigenvalue weighted by molar-refractivity contribution is 9.10. The zero-order chi connectivity index (χ0) is 14.8. The molecule has 1 saturated carbocycles. The Kier molecular flexibility index (Phi) is 5.04. The summed E-state index contributed by atoms with van der Waals surface area (Å²) in [6.45, 7) is 0. The maximum absolute atomic E-state index is 13.9. The molecular formula is C13H18BrFN2O2S. The van der Waals surface area contributed by atoms with Crippen LogP contribution >= 0.6 is 15.9 Å². The van der Waals surface area contributed by atoms with Crippen molar-refractivity contribution in [3.05, 3.63) is 22.4 Å². The first kappa shape index (κ1) is 15.7. The Hall–Kier alpha value is -0.660. The van der Waals surface area contributed by atoms with Crippen LogP contribution in [0.5, 0.6) is 0 Å². The molecule has 0 atom stereocenters. The highest BCUT2D eigenvalue weighted by atomic mass is 79.9. The van der Waals surface area contributed by atoms with Crippen LogP contribution in [0.15, 0.2) is 21.5 Å². The van der Waals surface area contributed by atoms with Crippen molar-refractivity contribution in [2.24, 2.45) is 0 Å². The van der Waals surface area contributed by atoms with Gasteiger partial charge in [0.15, 0.2) is 0 Å². The summed E-state index contributed by atoms with van der Waals surface area (Å²) < 4.78 is 41.4. The molecule has 0 unspecified atom stereocenters. The van der Waals surface area contributed by atoms with Crippen molar-refractivity contribution in [3.8, 4) is 0 Å². The first-order chi connectivity index (χ1) is 9.40. The van der Waals surface area contributed by atoms with Gasteiger partial charge >= 0.3 is 0 Å². The number of nitrogens with two attached hydrogens (primary N) is 1. The van der Waals surface area contributed by atoms with Crippen LogP contribution in [-0.4, -0.2) is 14.5 Å².